The number of carbonyl (C=O) groups excluding carboxylic acids is 1. The monoisotopic (exact) mass is 307 g/mol. The third kappa shape index (κ3) is 3.63. The third-order valence-electron chi connectivity index (χ3n) is 4.25. The summed E-state index contributed by atoms with van der Waals surface area (Å²) in [5.74, 6) is 0.132. The summed E-state index contributed by atoms with van der Waals surface area (Å²) in [6.07, 6.45) is 0. The van der Waals surface area contributed by atoms with E-state index in [2.05, 4.69) is 15.5 Å². The lowest BCUT2D eigenvalue weighted by Gasteiger charge is -2.34. The molecule has 1 atom stereocenters. The first-order valence-corrected chi connectivity index (χ1v) is 7.80. The molecule has 2 saturated heterocycles. The van der Waals surface area contributed by atoms with Gasteiger partial charge in [0.2, 0.25) is 5.91 Å². The summed E-state index contributed by atoms with van der Waals surface area (Å²) in [5, 5.41) is 6.20. The molecule has 0 aliphatic carbocycles. The molecule has 0 saturated carbocycles. The van der Waals surface area contributed by atoms with Crippen molar-refractivity contribution >= 4 is 5.91 Å². The van der Waals surface area contributed by atoms with E-state index in [1.54, 1.807) is 6.07 Å². The van der Waals surface area contributed by atoms with Crippen molar-refractivity contribution in [1.29, 1.82) is 0 Å². The molecule has 2 fully saturated rings. The number of hydrogen-bond donors (Lipinski definition) is 2. The van der Waals surface area contributed by atoms with E-state index < -0.39 is 6.04 Å². The number of carbonyl (C=O) groups is 1. The molecule has 0 bridgehead atoms. The van der Waals surface area contributed by atoms with Gasteiger partial charge in [0.25, 0.3) is 0 Å². The lowest BCUT2D eigenvalue weighted by molar-refractivity contribution is -0.128. The van der Waals surface area contributed by atoms with E-state index in [9.17, 15) is 9.18 Å². The standard InChI is InChI=1S/C16H22FN3O2/c17-14-3-1-2-13(8-14)15(20-4-6-22-7-5-20)16(21)19-11-12-9-18-10-12/h1-3,8,12,15,18H,4-7,9-11H2,(H,19,21). The van der Waals surface area contributed by atoms with Gasteiger partial charge in [0.1, 0.15) is 11.9 Å². The van der Waals surface area contributed by atoms with Crippen LogP contribution in [0, 0.1) is 11.7 Å². The van der Waals surface area contributed by atoms with Gasteiger partial charge in [0.15, 0.2) is 0 Å². The Morgan fingerprint density at radius 2 is 2.18 bits per heavy atom. The molecule has 6 heteroatoms. The SMILES string of the molecule is O=C(NCC1CNC1)C(c1cccc(F)c1)N1CCOCC1. The predicted molar refractivity (Wildman–Crippen MR) is 80.9 cm³/mol. The van der Waals surface area contributed by atoms with Gasteiger partial charge in [-0.1, -0.05) is 12.1 Å². The van der Waals surface area contributed by atoms with Crippen molar-refractivity contribution in [3.05, 3.63) is 35.6 Å². The zero-order valence-electron chi connectivity index (χ0n) is 12.6. The molecule has 0 spiro atoms. The van der Waals surface area contributed by atoms with Crippen molar-refractivity contribution in [3.8, 4) is 0 Å². The van der Waals surface area contributed by atoms with E-state index in [0.717, 1.165) is 13.1 Å². The number of nitrogens with zero attached hydrogens (tertiary/aromatic N) is 1. The minimum Gasteiger partial charge on any atom is -0.379 e. The highest BCUT2D eigenvalue weighted by Crippen LogP contribution is 2.23. The molecule has 1 aromatic rings. The number of rotatable bonds is 5. The molecule has 1 aromatic carbocycles. The second-order valence-corrected chi connectivity index (χ2v) is 5.88. The highest BCUT2D eigenvalue weighted by Gasteiger charge is 2.30. The largest absolute Gasteiger partial charge is 0.379 e. The lowest BCUT2D eigenvalue weighted by Crippen LogP contribution is -2.51. The Balaban J connectivity index is 1.73. The van der Waals surface area contributed by atoms with E-state index in [4.69, 9.17) is 4.74 Å². The van der Waals surface area contributed by atoms with E-state index in [0.29, 0.717) is 44.3 Å². The first-order chi connectivity index (χ1) is 10.7. The third-order valence-corrected chi connectivity index (χ3v) is 4.25. The highest BCUT2D eigenvalue weighted by molar-refractivity contribution is 5.83. The maximum atomic E-state index is 13.6. The zero-order chi connectivity index (χ0) is 15.4. The van der Waals surface area contributed by atoms with Gasteiger partial charge < -0.3 is 15.4 Å². The Bertz CT molecular complexity index is 516. The van der Waals surface area contributed by atoms with Gasteiger partial charge >= 0.3 is 0 Å². The Labute approximate surface area is 129 Å². The fraction of sp³-hybridized carbons (Fsp3) is 0.562. The summed E-state index contributed by atoms with van der Waals surface area (Å²) in [4.78, 5) is 14.7. The molecule has 2 aliphatic rings. The van der Waals surface area contributed by atoms with E-state index in [1.807, 2.05) is 6.07 Å². The van der Waals surface area contributed by atoms with Gasteiger partial charge in [-0.25, -0.2) is 4.39 Å². The van der Waals surface area contributed by atoms with Gasteiger partial charge in [0.05, 0.1) is 13.2 Å². The van der Waals surface area contributed by atoms with Gasteiger partial charge in [-0.15, -0.1) is 0 Å². The van der Waals surface area contributed by atoms with Gasteiger partial charge in [-0.05, 0) is 17.7 Å². The van der Waals surface area contributed by atoms with Crippen LogP contribution >= 0.6 is 0 Å². The molecule has 0 radical (unpaired) electrons. The Morgan fingerprint density at radius 3 is 2.82 bits per heavy atom. The minimum absolute atomic E-state index is 0.0561. The summed E-state index contributed by atoms with van der Waals surface area (Å²) >= 11 is 0. The van der Waals surface area contributed by atoms with Crippen molar-refractivity contribution in [3.63, 3.8) is 0 Å². The second kappa shape index (κ2) is 7.17. The van der Waals surface area contributed by atoms with Crippen LogP contribution in [0.4, 0.5) is 4.39 Å². The summed E-state index contributed by atoms with van der Waals surface area (Å²) in [6.45, 7) is 5.13. The van der Waals surface area contributed by atoms with Crippen LogP contribution in [-0.4, -0.2) is 56.7 Å². The fourth-order valence-electron chi connectivity index (χ4n) is 2.87. The number of ether oxygens (including phenoxy) is 1. The first kappa shape index (κ1) is 15.4. The van der Waals surface area contributed by atoms with Crippen LogP contribution in [0.3, 0.4) is 0 Å². The van der Waals surface area contributed by atoms with Crippen LogP contribution in [0.25, 0.3) is 0 Å². The lowest BCUT2D eigenvalue weighted by atomic mass is 10.0. The van der Waals surface area contributed by atoms with Crippen molar-refractivity contribution in [1.82, 2.24) is 15.5 Å². The number of amides is 1. The fourth-order valence-corrected chi connectivity index (χ4v) is 2.87. The maximum absolute atomic E-state index is 13.6. The molecule has 5 nitrogen and oxygen atoms in total. The molecular formula is C16H22FN3O2. The van der Waals surface area contributed by atoms with Crippen molar-refractivity contribution < 1.29 is 13.9 Å². The quantitative estimate of drug-likeness (QED) is 0.833. The predicted octanol–water partition coefficient (Wildman–Crippen LogP) is 0.535. The van der Waals surface area contributed by atoms with Crippen LogP contribution in [0.15, 0.2) is 24.3 Å². The summed E-state index contributed by atoms with van der Waals surface area (Å²) < 4.78 is 18.9. The number of nitrogens with one attached hydrogen (secondary N) is 2. The van der Waals surface area contributed by atoms with Crippen LogP contribution in [0.5, 0.6) is 0 Å². The number of morpholine rings is 1. The van der Waals surface area contributed by atoms with Crippen molar-refractivity contribution in [2.75, 3.05) is 45.9 Å². The van der Waals surface area contributed by atoms with E-state index in [-0.39, 0.29) is 11.7 Å². The van der Waals surface area contributed by atoms with Gasteiger partial charge in [-0.2, -0.15) is 0 Å². The molecule has 120 valence electrons. The Kier molecular flexibility index (Phi) is 5.02. The van der Waals surface area contributed by atoms with Crippen molar-refractivity contribution in [2.24, 2.45) is 5.92 Å². The molecule has 2 aliphatic heterocycles. The van der Waals surface area contributed by atoms with Gasteiger partial charge in [-0.3, -0.25) is 9.69 Å². The van der Waals surface area contributed by atoms with E-state index in [1.165, 1.54) is 12.1 Å². The van der Waals surface area contributed by atoms with Gasteiger partial charge in [0, 0.05) is 38.6 Å². The highest BCUT2D eigenvalue weighted by atomic mass is 19.1. The minimum atomic E-state index is -0.451. The average molecular weight is 307 g/mol. The van der Waals surface area contributed by atoms with Crippen LogP contribution in [-0.2, 0) is 9.53 Å². The second-order valence-electron chi connectivity index (χ2n) is 5.88. The molecule has 1 amide bonds. The Hall–Kier alpha value is -1.50. The summed E-state index contributed by atoms with van der Waals surface area (Å²) in [7, 11) is 0. The maximum Gasteiger partial charge on any atom is 0.241 e. The number of halogens is 1. The molecule has 0 aromatic heterocycles. The number of hydrogen-bond acceptors (Lipinski definition) is 4. The summed E-state index contributed by atoms with van der Waals surface area (Å²) in [5.41, 5.74) is 0.700. The molecular weight excluding hydrogens is 285 g/mol. The Morgan fingerprint density at radius 1 is 1.41 bits per heavy atom. The molecule has 1 unspecified atom stereocenters. The van der Waals surface area contributed by atoms with Crippen LogP contribution < -0.4 is 10.6 Å². The molecule has 22 heavy (non-hydrogen) atoms. The summed E-state index contributed by atoms with van der Waals surface area (Å²) in [6, 6.07) is 5.87. The normalized spacial score (nSPS) is 21.1. The topological polar surface area (TPSA) is 53.6 Å². The zero-order valence-corrected chi connectivity index (χ0v) is 12.6. The molecule has 2 N–H and O–H groups in total. The van der Waals surface area contributed by atoms with Crippen molar-refractivity contribution in [2.45, 2.75) is 6.04 Å². The van der Waals surface area contributed by atoms with Crippen LogP contribution in [0.1, 0.15) is 11.6 Å². The molecule has 2 heterocycles. The smallest absolute Gasteiger partial charge is 0.241 e. The van der Waals surface area contributed by atoms with E-state index >= 15 is 0 Å². The van der Waals surface area contributed by atoms with Crippen LogP contribution in [0.2, 0.25) is 0 Å². The first-order valence-electron chi connectivity index (χ1n) is 7.80. The average Bonchev–Trinajstić information content (AvgIpc) is 2.47. The molecule has 3 rings (SSSR count). The number of benzene rings is 1.